The Labute approximate surface area is 110 Å². The van der Waals surface area contributed by atoms with Gasteiger partial charge in [0.1, 0.15) is 6.10 Å². The van der Waals surface area contributed by atoms with Gasteiger partial charge in [0.2, 0.25) is 0 Å². The minimum atomic E-state index is -0.777. The molecule has 0 aromatic heterocycles. The van der Waals surface area contributed by atoms with Gasteiger partial charge in [0, 0.05) is 23.9 Å². The van der Waals surface area contributed by atoms with Crippen molar-refractivity contribution >= 4 is 17.6 Å². The molecule has 1 aliphatic carbocycles. The van der Waals surface area contributed by atoms with E-state index in [1.54, 1.807) is 32.2 Å². The molecule has 5 heteroatoms. The lowest BCUT2D eigenvalue weighted by atomic mass is 9.68. The molecule has 1 aromatic rings. The van der Waals surface area contributed by atoms with Crippen LogP contribution in [0.3, 0.4) is 0 Å². The molecule has 1 fully saturated rings. The predicted molar refractivity (Wildman–Crippen MR) is 67.4 cm³/mol. The highest BCUT2D eigenvalue weighted by Crippen LogP contribution is 2.44. The first-order chi connectivity index (χ1) is 8.44. The van der Waals surface area contributed by atoms with E-state index in [1.807, 2.05) is 0 Å². The number of rotatable bonds is 4. The highest BCUT2D eigenvalue weighted by molar-refractivity contribution is 6.30. The summed E-state index contributed by atoms with van der Waals surface area (Å²) in [5.41, 5.74) is -0.670. The molecular formula is C13H15ClO4. The quantitative estimate of drug-likeness (QED) is 0.914. The van der Waals surface area contributed by atoms with Gasteiger partial charge in [-0.1, -0.05) is 11.6 Å². The van der Waals surface area contributed by atoms with Gasteiger partial charge >= 0.3 is 5.97 Å². The second kappa shape index (κ2) is 4.69. The van der Waals surface area contributed by atoms with Crippen LogP contribution in [0, 0.1) is 5.41 Å². The van der Waals surface area contributed by atoms with Crippen LogP contribution in [-0.2, 0) is 4.79 Å². The number of hydrogen-bond donors (Lipinski definition) is 1. The Bertz CT molecular complexity index is 466. The van der Waals surface area contributed by atoms with Crippen LogP contribution in [0.2, 0.25) is 5.02 Å². The van der Waals surface area contributed by atoms with Crippen LogP contribution in [0.5, 0.6) is 11.5 Å². The number of carboxylic acid groups (broad SMARTS) is 1. The summed E-state index contributed by atoms with van der Waals surface area (Å²) < 4.78 is 10.9. The Morgan fingerprint density at radius 1 is 1.44 bits per heavy atom. The molecule has 4 nitrogen and oxygen atoms in total. The third kappa shape index (κ3) is 2.38. The van der Waals surface area contributed by atoms with E-state index in [0.717, 1.165) is 0 Å². The third-order valence-electron chi connectivity index (χ3n) is 3.29. The lowest BCUT2D eigenvalue weighted by molar-refractivity contribution is -0.159. The van der Waals surface area contributed by atoms with E-state index in [2.05, 4.69) is 0 Å². The van der Waals surface area contributed by atoms with Gasteiger partial charge in [0.25, 0.3) is 0 Å². The number of ether oxygens (including phenoxy) is 2. The van der Waals surface area contributed by atoms with Gasteiger partial charge in [-0.05, 0) is 19.1 Å². The fourth-order valence-electron chi connectivity index (χ4n) is 2.13. The van der Waals surface area contributed by atoms with Gasteiger partial charge in [-0.25, -0.2) is 0 Å². The molecule has 1 aliphatic rings. The SMILES string of the molecule is COc1ccc(Cl)cc1OC1CC(C)(C(=O)O)C1. The summed E-state index contributed by atoms with van der Waals surface area (Å²) in [5.74, 6) is 0.381. The van der Waals surface area contributed by atoms with E-state index in [1.165, 1.54) is 0 Å². The third-order valence-corrected chi connectivity index (χ3v) is 3.53. The van der Waals surface area contributed by atoms with Gasteiger partial charge in [0.15, 0.2) is 11.5 Å². The number of aliphatic carboxylic acids is 1. The van der Waals surface area contributed by atoms with Crippen LogP contribution in [0.15, 0.2) is 18.2 Å². The Morgan fingerprint density at radius 3 is 2.67 bits per heavy atom. The normalized spacial score (nSPS) is 26.3. The molecule has 1 saturated carbocycles. The molecule has 0 amide bonds. The lowest BCUT2D eigenvalue weighted by Crippen LogP contribution is -2.47. The highest BCUT2D eigenvalue weighted by Gasteiger charge is 2.48. The van der Waals surface area contributed by atoms with Crippen molar-refractivity contribution in [2.45, 2.75) is 25.9 Å². The van der Waals surface area contributed by atoms with Crippen LogP contribution >= 0.6 is 11.6 Å². The zero-order valence-electron chi connectivity index (χ0n) is 10.3. The second-order valence-corrected chi connectivity index (χ2v) is 5.25. The van der Waals surface area contributed by atoms with Gasteiger partial charge < -0.3 is 14.6 Å². The van der Waals surface area contributed by atoms with Crippen molar-refractivity contribution in [3.05, 3.63) is 23.2 Å². The summed E-state index contributed by atoms with van der Waals surface area (Å²) in [6.45, 7) is 1.73. The fraction of sp³-hybridized carbons (Fsp3) is 0.462. The van der Waals surface area contributed by atoms with Crippen molar-refractivity contribution in [2.75, 3.05) is 7.11 Å². The Hall–Kier alpha value is -1.42. The highest BCUT2D eigenvalue weighted by atomic mass is 35.5. The first-order valence-electron chi connectivity index (χ1n) is 5.68. The predicted octanol–water partition coefficient (Wildman–Crippen LogP) is 2.98. The van der Waals surface area contributed by atoms with Gasteiger partial charge in [-0.2, -0.15) is 0 Å². The molecule has 0 unspecified atom stereocenters. The van der Waals surface area contributed by atoms with Crippen LogP contribution < -0.4 is 9.47 Å². The number of halogens is 1. The average molecular weight is 271 g/mol. The van der Waals surface area contributed by atoms with Gasteiger partial charge in [-0.3, -0.25) is 4.79 Å². The standard InChI is InChI=1S/C13H15ClO4/c1-13(12(15)16)6-9(7-13)18-11-5-8(14)3-4-10(11)17-2/h3-5,9H,6-7H2,1-2H3,(H,15,16). The summed E-state index contributed by atoms with van der Waals surface area (Å²) in [4.78, 5) is 11.0. The van der Waals surface area contributed by atoms with Crippen LogP contribution in [0.4, 0.5) is 0 Å². The Morgan fingerprint density at radius 2 is 2.11 bits per heavy atom. The maximum atomic E-state index is 11.0. The summed E-state index contributed by atoms with van der Waals surface area (Å²) in [6.07, 6.45) is 0.897. The summed E-state index contributed by atoms with van der Waals surface area (Å²) in [6, 6.07) is 5.12. The smallest absolute Gasteiger partial charge is 0.309 e. The maximum Gasteiger partial charge on any atom is 0.309 e. The summed E-state index contributed by atoms with van der Waals surface area (Å²) in [5, 5.41) is 9.58. The molecule has 98 valence electrons. The van der Waals surface area contributed by atoms with Crippen molar-refractivity contribution < 1.29 is 19.4 Å². The average Bonchev–Trinajstić information content (AvgIpc) is 2.27. The molecule has 2 rings (SSSR count). The zero-order chi connectivity index (χ0) is 13.3. The Kier molecular flexibility index (Phi) is 3.39. The van der Waals surface area contributed by atoms with E-state index in [-0.39, 0.29) is 6.10 Å². The minimum Gasteiger partial charge on any atom is -0.493 e. The van der Waals surface area contributed by atoms with Crippen molar-refractivity contribution in [1.29, 1.82) is 0 Å². The lowest BCUT2D eigenvalue weighted by Gasteiger charge is -2.41. The molecule has 0 heterocycles. The number of hydrogen-bond acceptors (Lipinski definition) is 3. The first-order valence-corrected chi connectivity index (χ1v) is 6.06. The zero-order valence-corrected chi connectivity index (χ0v) is 11.0. The molecule has 0 radical (unpaired) electrons. The number of benzene rings is 1. The number of methoxy groups -OCH3 is 1. The maximum absolute atomic E-state index is 11.0. The minimum absolute atomic E-state index is 0.0986. The molecule has 0 aliphatic heterocycles. The van der Waals surface area contributed by atoms with E-state index >= 15 is 0 Å². The largest absolute Gasteiger partial charge is 0.493 e. The molecule has 0 saturated heterocycles. The first kappa shape index (κ1) is 13.0. The summed E-state index contributed by atoms with van der Waals surface area (Å²) in [7, 11) is 1.55. The van der Waals surface area contributed by atoms with Crippen molar-refractivity contribution in [2.24, 2.45) is 5.41 Å². The van der Waals surface area contributed by atoms with E-state index in [9.17, 15) is 4.79 Å². The summed E-state index contributed by atoms with van der Waals surface area (Å²) >= 11 is 5.90. The topological polar surface area (TPSA) is 55.8 Å². The van der Waals surface area contributed by atoms with Gasteiger partial charge in [0.05, 0.1) is 12.5 Å². The van der Waals surface area contributed by atoms with Gasteiger partial charge in [-0.15, -0.1) is 0 Å². The van der Waals surface area contributed by atoms with Crippen molar-refractivity contribution in [1.82, 2.24) is 0 Å². The molecule has 0 spiro atoms. The number of carboxylic acids is 1. The van der Waals surface area contributed by atoms with E-state index in [0.29, 0.717) is 29.4 Å². The second-order valence-electron chi connectivity index (χ2n) is 4.81. The van der Waals surface area contributed by atoms with Crippen LogP contribution in [-0.4, -0.2) is 24.3 Å². The van der Waals surface area contributed by atoms with Crippen LogP contribution in [0.1, 0.15) is 19.8 Å². The molecule has 0 bridgehead atoms. The molecule has 1 aromatic carbocycles. The number of carbonyl (C=O) groups is 1. The molecule has 1 N–H and O–H groups in total. The Balaban J connectivity index is 2.04. The van der Waals surface area contributed by atoms with Crippen molar-refractivity contribution in [3.63, 3.8) is 0 Å². The monoisotopic (exact) mass is 270 g/mol. The van der Waals surface area contributed by atoms with E-state index < -0.39 is 11.4 Å². The fourth-order valence-corrected chi connectivity index (χ4v) is 2.29. The molecule has 18 heavy (non-hydrogen) atoms. The molecular weight excluding hydrogens is 256 g/mol. The van der Waals surface area contributed by atoms with Crippen LogP contribution in [0.25, 0.3) is 0 Å². The van der Waals surface area contributed by atoms with Crippen molar-refractivity contribution in [3.8, 4) is 11.5 Å². The van der Waals surface area contributed by atoms with E-state index in [4.69, 9.17) is 26.2 Å². The molecule has 0 atom stereocenters.